The molecule has 0 radical (unpaired) electrons. The third kappa shape index (κ3) is 5.03. The van der Waals surface area contributed by atoms with E-state index in [1.54, 1.807) is 12.1 Å². The van der Waals surface area contributed by atoms with Crippen molar-refractivity contribution in [2.45, 2.75) is 68.1 Å². The summed E-state index contributed by atoms with van der Waals surface area (Å²) in [6.07, 6.45) is -4.06. The highest BCUT2D eigenvalue weighted by molar-refractivity contribution is 6.31. The highest BCUT2D eigenvalue weighted by atomic mass is 35.5. The normalized spacial score (nSPS) is 34.4. The Morgan fingerprint density at radius 2 is 1.73 bits per heavy atom. The van der Waals surface area contributed by atoms with Gasteiger partial charge in [-0.3, -0.25) is 0 Å². The van der Waals surface area contributed by atoms with Crippen molar-refractivity contribution in [2.24, 2.45) is 0 Å². The minimum absolute atomic E-state index is 0.0104. The lowest BCUT2D eigenvalue weighted by Gasteiger charge is -2.45. The Kier molecular flexibility index (Phi) is 7.28. The summed E-state index contributed by atoms with van der Waals surface area (Å²) in [6, 6.07) is 12.1. The largest absolute Gasteiger partial charge is 0.490 e. The minimum Gasteiger partial charge on any atom is -0.490 e. The Balaban J connectivity index is 1.51. The van der Waals surface area contributed by atoms with E-state index in [2.05, 4.69) is 0 Å². The van der Waals surface area contributed by atoms with Gasteiger partial charge in [0, 0.05) is 17.0 Å². The highest BCUT2D eigenvalue weighted by Gasteiger charge is 2.53. The zero-order chi connectivity index (χ0) is 23.8. The van der Waals surface area contributed by atoms with Gasteiger partial charge in [-0.15, -0.1) is 0 Å². The topological polar surface area (TPSA) is 140 Å². The van der Waals surface area contributed by atoms with Gasteiger partial charge >= 0.3 is 0 Å². The van der Waals surface area contributed by atoms with Crippen LogP contribution in [0.2, 0.25) is 5.02 Å². The molecular weight excluding hydrogens is 452 g/mol. The number of aliphatic hydroxyl groups is 6. The van der Waals surface area contributed by atoms with Crippen LogP contribution in [0.5, 0.6) is 5.75 Å². The zero-order valence-electron chi connectivity index (χ0n) is 17.9. The predicted molar refractivity (Wildman–Crippen MR) is 119 cm³/mol. The molecule has 7 atom stereocenters. The molecule has 0 aromatic heterocycles. The minimum atomic E-state index is -2.34. The van der Waals surface area contributed by atoms with Gasteiger partial charge in [0.2, 0.25) is 5.79 Å². The van der Waals surface area contributed by atoms with Crippen molar-refractivity contribution < 1.29 is 40.1 Å². The SMILES string of the molecule is OC[C@H]1O[C@@](O)(c2ccc(Cl)c(Cc3ccc(OC4CCC(O)C4)cc3)c2)[C@H](O)[C@@H](O)[C@@H]1O. The fourth-order valence-electron chi connectivity index (χ4n) is 4.45. The second-order valence-electron chi connectivity index (χ2n) is 8.79. The third-order valence-corrected chi connectivity index (χ3v) is 6.77. The summed E-state index contributed by atoms with van der Waals surface area (Å²) in [5, 5.41) is 61.1. The molecule has 1 heterocycles. The number of hydrogen-bond donors (Lipinski definition) is 6. The van der Waals surface area contributed by atoms with E-state index in [1.165, 1.54) is 6.07 Å². The van der Waals surface area contributed by atoms with Crippen molar-refractivity contribution >= 4 is 11.6 Å². The molecule has 2 fully saturated rings. The van der Waals surface area contributed by atoms with Crippen LogP contribution >= 0.6 is 11.6 Å². The lowest BCUT2D eigenvalue weighted by Crippen LogP contribution is -2.63. The van der Waals surface area contributed by atoms with Crippen LogP contribution in [0.1, 0.15) is 36.0 Å². The highest BCUT2D eigenvalue weighted by Crippen LogP contribution is 2.38. The van der Waals surface area contributed by atoms with Gasteiger partial charge in [0.1, 0.15) is 36.3 Å². The summed E-state index contributed by atoms with van der Waals surface area (Å²) >= 11 is 6.37. The molecule has 0 bridgehead atoms. The summed E-state index contributed by atoms with van der Waals surface area (Å²) in [7, 11) is 0. The molecule has 33 heavy (non-hydrogen) atoms. The fraction of sp³-hybridized carbons (Fsp3) is 0.500. The lowest BCUT2D eigenvalue weighted by molar-refractivity contribution is -0.357. The van der Waals surface area contributed by atoms with E-state index < -0.39 is 36.8 Å². The van der Waals surface area contributed by atoms with Crippen molar-refractivity contribution in [3.63, 3.8) is 0 Å². The van der Waals surface area contributed by atoms with Gasteiger partial charge < -0.3 is 40.1 Å². The molecule has 0 spiro atoms. The monoisotopic (exact) mass is 480 g/mol. The second kappa shape index (κ2) is 9.85. The molecule has 2 unspecified atom stereocenters. The molecule has 1 aliphatic heterocycles. The number of benzene rings is 2. The number of aliphatic hydroxyl groups excluding tert-OH is 5. The summed E-state index contributed by atoms with van der Waals surface area (Å²) in [6.45, 7) is -0.651. The zero-order valence-corrected chi connectivity index (χ0v) is 18.7. The van der Waals surface area contributed by atoms with Crippen molar-refractivity contribution in [2.75, 3.05) is 6.61 Å². The van der Waals surface area contributed by atoms with E-state index >= 15 is 0 Å². The molecule has 9 heteroatoms. The maximum atomic E-state index is 11.0. The maximum Gasteiger partial charge on any atom is 0.222 e. The van der Waals surface area contributed by atoms with Gasteiger partial charge in [-0.2, -0.15) is 0 Å². The van der Waals surface area contributed by atoms with Gasteiger partial charge in [-0.1, -0.05) is 29.8 Å². The summed E-state index contributed by atoms with van der Waals surface area (Å²) in [5.41, 5.74) is 1.71. The molecule has 180 valence electrons. The van der Waals surface area contributed by atoms with Gasteiger partial charge in [0.05, 0.1) is 12.7 Å². The first-order chi connectivity index (χ1) is 15.7. The molecule has 2 aliphatic rings. The Bertz CT molecular complexity index is 952. The van der Waals surface area contributed by atoms with E-state index in [1.807, 2.05) is 24.3 Å². The van der Waals surface area contributed by atoms with E-state index in [0.717, 1.165) is 18.4 Å². The average Bonchev–Trinajstić information content (AvgIpc) is 3.22. The first kappa shape index (κ1) is 24.4. The van der Waals surface area contributed by atoms with Crippen LogP contribution < -0.4 is 4.74 Å². The molecule has 2 aromatic rings. The second-order valence-corrected chi connectivity index (χ2v) is 9.20. The van der Waals surface area contributed by atoms with Crippen LogP contribution in [-0.4, -0.2) is 73.9 Å². The van der Waals surface area contributed by atoms with Crippen molar-refractivity contribution in [1.29, 1.82) is 0 Å². The van der Waals surface area contributed by atoms with E-state index in [-0.39, 0.29) is 17.8 Å². The van der Waals surface area contributed by atoms with Crippen LogP contribution in [-0.2, 0) is 16.9 Å². The van der Waals surface area contributed by atoms with Crippen LogP contribution in [0, 0.1) is 0 Å². The molecule has 0 amide bonds. The van der Waals surface area contributed by atoms with Gasteiger partial charge in [-0.05, 0) is 54.7 Å². The number of hydrogen-bond acceptors (Lipinski definition) is 8. The average molecular weight is 481 g/mol. The van der Waals surface area contributed by atoms with Crippen molar-refractivity contribution in [3.8, 4) is 5.75 Å². The van der Waals surface area contributed by atoms with Crippen molar-refractivity contribution in [1.82, 2.24) is 0 Å². The molecule has 8 nitrogen and oxygen atoms in total. The van der Waals surface area contributed by atoms with E-state index in [0.29, 0.717) is 29.2 Å². The molecule has 1 aliphatic carbocycles. The van der Waals surface area contributed by atoms with E-state index in [9.17, 15) is 30.6 Å². The Morgan fingerprint density at radius 1 is 1.00 bits per heavy atom. The van der Waals surface area contributed by atoms with Gasteiger partial charge in [-0.25, -0.2) is 0 Å². The third-order valence-electron chi connectivity index (χ3n) is 6.40. The molecule has 1 saturated carbocycles. The summed E-state index contributed by atoms with van der Waals surface area (Å²) in [5.74, 6) is -1.62. The smallest absolute Gasteiger partial charge is 0.222 e. The fourth-order valence-corrected chi connectivity index (χ4v) is 4.63. The maximum absolute atomic E-state index is 11.0. The van der Waals surface area contributed by atoms with E-state index in [4.69, 9.17) is 21.1 Å². The summed E-state index contributed by atoms with van der Waals surface area (Å²) < 4.78 is 11.3. The molecule has 4 rings (SSSR count). The first-order valence-corrected chi connectivity index (χ1v) is 11.4. The quantitative estimate of drug-likeness (QED) is 0.357. The first-order valence-electron chi connectivity index (χ1n) is 11.0. The standard InChI is InChI=1S/C24H29ClO8/c25-19-8-3-15(24(31)23(30)22(29)21(28)20(12-26)33-24)10-14(19)9-13-1-5-17(6-2-13)32-18-7-4-16(27)11-18/h1-3,5-6,8,10,16,18,20-23,26-31H,4,7,9,11-12H2/t16?,18?,20-,21-,22+,23-,24+/m1/s1. The van der Waals surface area contributed by atoms with Gasteiger partial charge in [0.25, 0.3) is 0 Å². The van der Waals surface area contributed by atoms with Crippen LogP contribution in [0.15, 0.2) is 42.5 Å². The number of ether oxygens (including phenoxy) is 2. The Labute approximate surface area is 196 Å². The van der Waals surface area contributed by atoms with Crippen LogP contribution in [0.3, 0.4) is 0 Å². The lowest BCUT2D eigenvalue weighted by atomic mass is 9.87. The molecule has 2 aromatic carbocycles. The number of halogens is 1. The van der Waals surface area contributed by atoms with Crippen LogP contribution in [0.25, 0.3) is 0 Å². The Morgan fingerprint density at radius 3 is 2.36 bits per heavy atom. The predicted octanol–water partition coefficient (Wildman–Crippen LogP) is 0.842. The molecular formula is C24H29ClO8. The summed E-state index contributed by atoms with van der Waals surface area (Å²) in [4.78, 5) is 0. The van der Waals surface area contributed by atoms with Crippen molar-refractivity contribution in [3.05, 3.63) is 64.2 Å². The van der Waals surface area contributed by atoms with Gasteiger partial charge in [0.15, 0.2) is 0 Å². The number of rotatable bonds is 6. The Hall–Kier alpha value is -1.75. The molecule has 6 N–H and O–H groups in total. The molecule has 1 saturated heterocycles. The van der Waals surface area contributed by atoms with Crippen LogP contribution in [0.4, 0.5) is 0 Å².